The maximum atomic E-state index is 14.4. The Balaban J connectivity index is 1.34. The summed E-state index contributed by atoms with van der Waals surface area (Å²) in [4.78, 5) is 34.2. The second-order valence-electron chi connectivity index (χ2n) is 10.3. The highest BCUT2D eigenvalue weighted by Gasteiger charge is 2.30. The fourth-order valence-electron chi connectivity index (χ4n) is 4.60. The summed E-state index contributed by atoms with van der Waals surface area (Å²) in [5.41, 5.74) is 1.25. The van der Waals surface area contributed by atoms with E-state index in [-0.39, 0.29) is 35.7 Å². The summed E-state index contributed by atoms with van der Waals surface area (Å²) in [7, 11) is 1.47. The number of benzene rings is 1. The van der Waals surface area contributed by atoms with Gasteiger partial charge in [0.1, 0.15) is 22.8 Å². The Morgan fingerprint density at radius 3 is 2.72 bits per heavy atom. The van der Waals surface area contributed by atoms with E-state index in [4.69, 9.17) is 14.0 Å². The van der Waals surface area contributed by atoms with Crippen LogP contribution in [0.1, 0.15) is 63.1 Å². The average Bonchev–Trinajstić information content (AvgIpc) is 3.56. The highest BCUT2D eigenvalue weighted by Crippen LogP contribution is 2.30. The molecule has 0 atom stereocenters. The molecule has 0 radical (unpaired) electrons. The SMILES string of the molecule is CCC(C)(C)OC(=O)N1CCC(c2cc(=O)[nH]c3c(-c4noc(Cc5ccc(OC)cc5F)n4)cnn23)CC1. The first-order valence-electron chi connectivity index (χ1n) is 12.9. The van der Waals surface area contributed by atoms with Gasteiger partial charge < -0.3 is 23.9 Å². The molecular formula is C27H31FN6O5. The van der Waals surface area contributed by atoms with Crippen LogP contribution >= 0.6 is 0 Å². The van der Waals surface area contributed by atoms with Crippen molar-refractivity contribution in [3.8, 4) is 17.1 Å². The number of hydrogen-bond donors (Lipinski definition) is 1. The van der Waals surface area contributed by atoms with E-state index in [1.165, 1.54) is 19.2 Å². The molecule has 1 aliphatic heterocycles. The number of nitrogens with one attached hydrogen (secondary N) is 1. The number of H-pyrrole nitrogens is 1. The predicted octanol–water partition coefficient (Wildman–Crippen LogP) is 4.32. The molecular weight excluding hydrogens is 507 g/mol. The highest BCUT2D eigenvalue weighted by atomic mass is 19.1. The molecule has 1 fully saturated rings. The lowest BCUT2D eigenvalue weighted by molar-refractivity contribution is 0.00740. The molecule has 4 aromatic rings. The Morgan fingerprint density at radius 1 is 1.26 bits per heavy atom. The molecule has 1 amide bonds. The van der Waals surface area contributed by atoms with Crippen LogP contribution in [0.15, 0.2) is 39.8 Å². The van der Waals surface area contributed by atoms with E-state index in [1.807, 2.05) is 20.8 Å². The topological polar surface area (TPSA) is 128 Å². The lowest BCUT2D eigenvalue weighted by Gasteiger charge is -2.34. The standard InChI is InChI=1S/C27H31FN6O5/c1-5-27(2,3)38-26(36)33-10-8-16(9-11-33)21-14-22(35)30-25-19(15-29-34(21)25)24-31-23(39-32-24)12-17-6-7-18(37-4)13-20(17)28/h6-7,13-16H,5,8-12H2,1-4H3,(H,30,35). The van der Waals surface area contributed by atoms with Crippen molar-refractivity contribution in [3.63, 3.8) is 0 Å². The van der Waals surface area contributed by atoms with Gasteiger partial charge in [0.05, 0.1) is 31.0 Å². The second-order valence-corrected chi connectivity index (χ2v) is 10.3. The van der Waals surface area contributed by atoms with Crippen molar-refractivity contribution in [2.75, 3.05) is 20.2 Å². The third-order valence-electron chi connectivity index (χ3n) is 7.23. The van der Waals surface area contributed by atoms with Gasteiger partial charge in [-0.3, -0.25) is 4.79 Å². The van der Waals surface area contributed by atoms with Crippen molar-refractivity contribution in [2.24, 2.45) is 0 Å². The Morgan fingerprint density at radius 2 is 2.03 bits per heavy atom. The molecule has 3 aromatic heterocycles. The summed E-state index contributed by atoms with van der Waals surface area (Å²) < 4.78 is 32.1. The van der Waals surface area contributed by atoms with Crippen molar-refractivity contribution >= 4 is 11.7 Å². The number of carbonyl (C=O) groups is 1. The number of piperidine rings is 1. The quantitative estimate of drug-likeness (QED) is 0.369. The van der Waals surface area contributed by atoms with Gasteiger partial charge in [0.2, 0.25) is 11.7 Å². The molecule has 12 heteroatoms. The summed E-state index contributed by atoms with van der Waals surface area (Å²) >= 11 is 0. The number of aromatic amines is 1. The molecule has 1 N–H and O–H groups in total. The largest absolute Gasteiger partial charge is 0.497 e. The summed E-state index contributed by atoms with van der Waals surface area (Å²) in [5, 5.41) is 8.54. The Kier molecular flexibility index (Phi) is 7.11. The van der Waals surface area contributed by atoms with E-state index in [1.54, 1.807) is 27.7 Å². The number of nitrogens with zero attached hydrogens (tertiary/aromatic N) is 5. The predicted molar refractivity (Wildman–Crippen MR) is 139 cm³/mol. The molecule has 4 heterocycles. The van der Waals surface area contributed by atoms with Gasteiger partial charge in [-0.2, -0.15) is 10.1 Å². The van der Waals surface area contributed by atoms with E-state index in [0.717, 1.165) is 12.1 Å². The van der Waals surface area contributed by atoms with Gasteiger partial charge in [-0.05, 0) is 44.7 Å². The Hall–Kier alpha value is -4.22. The van der Waals surface area contributed by atoms with E-state index >= 15 is 0 Å². The molecule has 206 valence electrons. The van der Waals surface area contributed by atoms with Crippen molar-refractivity contribution in [2.45, 2.75) is 58.0 Å². The third kappa shape index (κ3) is 5.50. The zero-order valence-electron chi connectivity index (χ0n) is 22.4. The van der Waals surface area contributed by atoms with Gasteiger partial charge >= 0.3 is 6.09 Å². The number of fused-ring (bicyclic) bond motifs is 1. The number of rotatable bonds is 7. The fraction of sp³-hybridized carbons (Fsp3) is 0.444. The first-order chi connectivity index (χ1) is 18.7. The van der Waals surface area contributed by atoms with Gasteiger partial charge in [0.15, 0.2) is 0 Å². The normalized spacial score (nSPS) is 14.6. The molecule has 0 bridgehead atoms. The second kappa shape index (κ2) is 10.5. The number of hydrogen-bond acceptors (Lipinski definition) is 8. The number of halogens is 1. The molecule has 5 rings (SSSR count). The summed E-state index contributed by atoms with van der Waals surface area (Å²) in [6, 6.07) is 6.10. The molecule has 1 saturated heterocycles. The number of carbonyl (C=O) groups excluding carboxylic acids is 1. The van der Waals surface area contributed by atoms with Crippen LogP contribution in [0.3, 0.4) is 0 Å². The van der Waals surface area contributed by atoms with E-state index < -0.39 is 11.4 Å². The van der Waals surface area contributed by atoms with Crippen LogP contribution < -0.4 is 10.3 Å². The zero-order valence-corrected chi connectivity index (χ0v) is 22.4. The number of ether oxygens (including phenoxy) is 2. The lowest BCUT2D eigenvalue weighted by Crippen LogP contribution is -2.42. The molecule has 1 aromatic carbocycles. The minimum Gasteiger partial charge on any atom is -0.497 e. The van der Waals surface area contributed by atoms with E-state index in [9.17, 15) is 14.0 Å². The first kappa shape index (κ1) is 26.4. The monoisotopic (exact) mass is 538 g/mol. The van der Waals surface area contributed by atoms with Crippen LogP contribution in [-0.4, -0.2) is 61.5 Å². The number of likely N-dealkylation sites (tertiary alicyclic amines) is 1. The van der Waals surface area contributed by atoms with Gasteiger partial charge in [-0.15, -0.1) is 0 Å². The van der Waals surface area contributed by atoms with Crippen molar-refractivity contribution in [3.05, 3.63) is 63.8 Å². The van der Waals surface area contributed by atoms with Crippen molar-refractivity contribution in [1.82, 2.24) is 29.6 Å². The van der Waals surface area contributed by atoms with Crippen molar-refractivity contribution in [1.29, 1.82) is 0 Å². The van der Waals surface area contributed by atoms with Crippen LogP contribution in [0, 0.1) is 5.82 Å². The van der Waals surface area contributed by atoms with E-state index in [0.29, 0.717) is 48.5 Å². The van der Waals surface area contributed by atoms with Crippen LogP contribution in [-0.2, 0) is 11.2 Å². The van der Waals surface area contributed by atoms with Gasteiger partial charge in [-0.1, -0.05) is 18.1 Å². The molecule has 0 saturated carbocycles. The summed E-state index contributed by atoms with van der Waals surface area (Å²) in [6.45, 7) is 6.80. The molecule has 0 unspecified atom stereocenters. The summed E-state index contributed by atoms with van der Waals surface area (Å²) in [6.07, 6.45) is 3.39. The first-order valence-corrected chi connectivity index (χ1v) is 12.9. The minimum absolute atomic E-state index is 0.0182. The number of amides is 1. The van der Waals surface area contributed by atoms with E-state index in [2.05, 4.69) is 20.2 Å². The average molecular weight is 539 g/mol. The molecule has 0 spiro atoms. The smallest absolute Gasteiger partial charge is 0.410 e. The van der Waals surface area contributed by atoms with Gasteiger partial charge in [0, 0.05) is 31.1 Å². The summed E-state index contributed by atoms with van der Waals surface area (Å²) in [5.74, 6) is 0.451. The number of methoxy groups -OCH3 is 1. The maximum absolute atomic E-state index is 14.4. The third-order valence-corrected chi connectivity index (χ3v) is 7.23. The molecule has 39 heavy (non-hydrogen) atoms. The van der Waals surface area contributed by atoms with Crippen LogP contribution in [0.2, 0.25) is 0 Å². The Labute approximate surface area is 223 Å². The van der Waals surface area contributed by atoms with Crippen LogP contribution in [0.4, 0.5) is 9.18 Å². The molecule has 0 aliphatic carbocycles. The zero-order chi connectivity index (χ0) is 27.7. The fourth-order valence-corrected chi connectivity index (χ4v) is 4.60. The van der Waals surface area contributed by atoms with Crippen LogP contribution in [0.25, 0.3) is 17.0 Å². The van der Waals surface area contributed by atoms with Gasteiger partial charge in [0.25, 0.3) is 5.56 Å². The lowest BCUT2D eigenvalue weighted by atomic mass is 9.93. The molecule has 11 nitrogen and oxygen atoms in total. The molecule has 1 aliphatic rings. The van der Waals surface area contributed by atoms with Crippen LogP contribution in [0.5, 0.6) is 5.75 Å². The van der Waals surface area contributed by atoms with Gasteiger partial charge in [-0.25, -0.2) is 13.7 Å². The Bertz CT molecular complexity index is 1550. The van der Waals surface area contributed by atoms with Crippen molar-refractivity contribution < 1.29 is 23.2 Å². The minimum atomic E-state index is -0.518. The number of aromatic nitrogens is 5. The highest BCUT2D eigenvalue weighted by molar-refractivity contribution is 5.72. The maximum Gasteiger partial charge on any atom is 0.410 e.